The van der Waals surface area contributed by atoms with Gasteiger partial charge in [0.05, 0.1) is 5.56 Å². The number of carbonyl (C=O) groups is 1. The lowest BCUT2D eigenvalue weighted by Crippen LogP contribution is -2.15. The van der Waals surface area contributed by atoms with E-state index >= 15 is 0 Å². The molecule has 0 saturated heterocycles. The predicted octanol–water partition coefficient (Wildman–Crippen LogP) is 2.80. The molecular weight excluding hydrogens is 319 g/mol. The molecule has 2 aromatic carbocycles. The lowest BCUT2D eigenvalue weighted by molar-refractivity contribution is 0.102. The second-order valence-corrected chi connectivity index (χ2v) is 5.70. The average molecular weight is 329 g/mol. The average Bonchev–Trinajstić information content (AvgIpc) is 2.49. The SMILES string of the molecule is C[S@@](=O)c1cccc(NC(=O)c2cc(F)c(F)c(O)c2F)c1. The minimum atomic E-state index is -1.77. The number of phenolic OH excluding ortho intramolecular Hbond substituents is 1. The Morgan fingerprint density at radius 3 is 2.50 bits per heavy atom. The van der Waals surface area contributed by atoms with E-state index in [-0.39, 0.29) is 5.69 Å². The zero-order valence-corrected chi connectivity index (χ0v) is 12.0. The molecule has 116 valence electrons. The van der Waals surface area contributed by atoms with Crippen molar-refractivity contribution < 1.29 is 27.3 Å². The molecule has 0 saturated carbocycles. The number of hydrogen-bond donors (Lipinski definition) is 2. The smallest absolute Gasteiger partial charge is 0.258 e. The number of hydrogen-bond acceptors (Lipinski definition) is 3. The van der Waals surface area contributed by atoms with Crippen LogP contribution in [0.5, 0.6) is 5.75 Å². The van der Waals surface area contributed by atoms with E-state index in [9.17, 15) is 22.2 Å². The van der Waals surface area contributed by atoms with Crippen molar-refractivity contribution in [2.45, 2.75) is 4.90 Å². The summed E-state index contributed by atoms with van der Waals surface area (Å²) in [5, 5.41) is 11.3. The van der Waals surface area contributed by atoms with Crippen molar-refractivity contribution >= 4 is 22.4 Å². The molecule has 0 aromatic heterocycles. The quantitative estimate of drug-likeness (QED) is 0.851. The van der Waals surface area contributed by atoms with Crippen LogP contribution in [-0.4, -0.2) is 21.5 Å². The first-order valence-corrected chi connectivity index (χ1v) is 7.48. The van der Waals surface area contributed by atoms with Gasteiger partial charge in [0.25, 0.3) is 5.91 Å². The first-order chi connectivity index (χ1) is 10.3. The summed E-state index contributed by atoms with van der Waals surface area (Å²) in [6.45, 7) is 0. The van der Waals surface area contributed by atoms with Crippen molar-refractivity contribution in [3.63, 3.8) is 0 Å². The minimum absolute atomic E-state index is 0.196. The van der Waals surface area contributed by atoms with E-state index in [1.54, 1.807) is 6.07 Å². The second kappa shape index (κ2) is 6.18. The Morgan fingerprint density at radius 2 is 1.86 bits per heavy atom. The zero-order valence-electron chi connectivity index (χ0n) is 11.2. The number of benzene rings is 2. The number of aromatic hydroxyl groups is 1. The monoisotopic (exact) mass is 329 g/mol. The Hall–Kier alpha value is -2.35. The molecular formula is C14H10F3NO3S. The topological polar surface area (TPSA) is 66.4 Å². The molecule has 0 aliphatic carbocycles. The van der Waals surface area contributed by atoms with Crippen LogP contribution in [0.4, 0.5) is 18.9 Å². The van der Waals surface area contributed by atoms with E-state index in [2.05, 4.69) is 5.32 Å². The van der Waals surface area contributed by atoms with E-state index in [0.717, 1.165) is 0 Å². The van der Waals surface area contributed by atoms with Gasteiger partial charge in [-0.05, 0) is 24.3 Å². The fraction of sp³-hybridized carbons (Fsp3) is 0.0714. The van der Waals surface area contributed by atoms with Gasteiger partial charge in [-0.3, -0.25) is 9.00 Å². The number of rotatable bonds is 3. The number of anilines is 1. The number of amides is 1. The highest BCUT2D eigenvalue weighted by molar-refractivity contribution is 7.84. The summed E-state index contributed by atoms with van der Waals surface area (Å²) < 4.78 is 51.1. The highest BCUT2D eigenvalue weighted by atomic mass is 32.2. The normalized spacial score (nSPS) is 12.0. The highest BCUT2D eigenvalue weighted by Crippen LogP contribution is 2.26. The van der Waals surface area contributed by atoms with Crippen LogP contribution >= 0.6 is 0 Å². The third-order valence-corrected chi connectivity index (χ3v) is 3.72. The molecule has 22 heavy (non-hydrogen) atoms. The van der Waals surface area contributed by atoms with Gasteiger partial charge >= 0.3 is 0 Å². The molecule has 1 amide bonds. The van der Waals surface area contributed by atoms with E-state index in [4.69, 9.17) is 5.11 Å². The molecule has 0 heterocycles. The van der Waals surface area contributed by atoms with Crippen LogP contribution in [-0.2, 0) is 10.8 Å². The Balaban J connectivity index is 2.34. The van der Waals surface area contributed by atoms with Gasteiger partial charge in [0.1, 0.15) is 0 Å². The summed E-state index contributed by atoms with van der Waals surface area (Å²) >= 11 is 0. The lowest BCUT2D eigenvalue weighted by atomic mass is 10.1. The van der Waals surface area contributed by atoms with Gasteiger partial charge in [0.15, 0.2) is 17.4 Å². The lowest BCUT2D eigenvalue weighted by Gasteiger charge is -2.09. The van der Waals surface area contributed by atoms with Crippen LogP contribution < -0.4 is 5.32 Å². The van der Waals surface area contributed by atoms with Crippen LogP contribution in [0.25, 0.3) is 0 Å². The third kappa shape index (κ3) is 3.11. The maximum atomic E-state index is 13.6. The van der Waals surface area contributed by atoms with Crippen LogP contribution in [0.1, 0.15) is 10.4 Å². The van der Waals surface area contributed by atoms with Gasteiger partial charge < -0.3 is 10.4 Å². The number of nitrogens with one attached hydrogen (secondary N) is 1. The van der Waals surface area contributed by atoms with Gasteiger partial charge in [0, 0.05) is 27.6 Å². The molecule has 0 bridgehead atoms. The van der Waals surface area contributed by atoms with Crippen molar-refractivity contribution in [2.75, 3.05) is 11.6 Å². The van der Waals surface area contributed by atoms with Crippen LogP contribution in [0, 0.1) is 17.5 Å². The maximum Gasteiger partial charge on any atom is 0.258 e. The summed E-state index contributed by atoms with van der Waals surface area (Å²) in [7, 11) is -1.29. The Bertz CT molecular complexity index is 780. The van der Waals surface area contributed by atoms with Gasteiger partial charge in [-0.1, -0.05) is 6.07 Å². The van der Waals surface area contributed by atoms with Crippen molar-refractivity contribution in [3.05, 3.63) is 53.3 Å². The zero-order chi connectivity index (χ0) is 16.4. The molecule has 1 atom stereocenters. The fourth-order valence-electron chi connectivity index (χ4n) is 1.71. The van der Waals surface area contributed by atoms with E-state index in [1.807, 2.05) is 0 Å². The first kappa shape index (κ1) is 16.0. The van der Waals surface area contributed by atoms with Crippen LogP contribution in [0.2, 0.25) is 0 Å². The summed E-state index contributed by atoms with van der Waals surface area (Å²) in [5.41, 5.74) is -0.652. The maximum absolute atomic E-state index is 13.6. The summed E-state index contributed by atoms with van der Waals surface area (Å²) in [6, 6.07) is 6.28. The predicted molar refractivity (Wildman–Crippen MR) is 74.7 cm³/mol. The van der Waals surface area contributed by atoms with E-state index in [1.165, 1.54) is 24.5 Å². The number of halogens is 3. The molecule has 2 N–H and O–H groups in total. The molecule has 0 radical (unpaired) electrons. The summed E-state index contributed by atoms with van der Waals surface area (Å²) in [4.78, 5) is 12.3. The number of phenols is 1. The third-order valence-electron chi connectivity index (χ3n) is 2.80. The first-order valence-electron chi connectivity index (χ1n) is 5.92. The summed E-state index contributed by atoms with van der Waals surface area (Å²) in [5.74, 6) is -7.52. The van der Waals surface area contributed by atoms with E-state index < -0.39 is 45.5 Å². The number of carbonyl (C=O) groups excluding carboxylic acids is 1. The molecule has 0 spiro atoms. The molecule has 0 aliphatic heterocycles. The molecule has 2 aromatic rings. The minimum Gasteiger partial charge on any atom is -0.503 e. The molecule has 8 heteroatoms. The molecule has 4 nitrogen and oxygen atoms in total. The van der Waals surface area contributed by atoms with Gasteiger partial charge in [0.2, 0.25) is 5.82 Å². The highest BCUT2D eigenvalue weighted by Gasteiger charge is 2.22. The largest absolute Gasteiger partial charge is 0.503 e. The fourth-order valence-corrected chi connectivity index (χ4v) is 2.27. The van der Waals surface area contributed by atoms with Crippen LogP contribution in [0.3, 0.4) is 0 Å². The Morgan fingerprint density at radius 1 is 1.18 bits per heavy atom. The second-order valence-electron chi connectivity index (χ2n) is 4.32. The van der Waals surface area contributed by atoms with Gasteiger partial charge in [-0.2, -0.15) is 4.39 Å². The Kier molecular flexibility index (Phi) is 4.51. The van der Waals surface area contributed by atoms with Crippen molar-refractivity contribution in [1.29, 1.82) is 0 Å². The van der Waals surface area contributed by atoms with Crippen LogP contribution in [0.15, 0.2) is 35.2 Å². The van der Waals surface area contributed by atoms with Crippen molar-refractivity contribution in [3.8, 4) is 5.75 Å². The molecule has 0 fully saturated rings. The molecule has 0 unspecified atom stereocenters. The van der Waals surface area contributed by atoms with Crippen molar-refractivity contribution in [1.82, 2.24) is 0 Å². The summed E-state index contributed by atoms with van der Waals surface area (Å²) in [6.07, 6.45) is 1.44. The molecule has 2 rings (SSSR count). The standard InChI is InChI=1S/C14H10F3NO3S/c1-22(21)8-4-2-3-7(5-8)18-14(20)9-6-10(15)12(17)13(19)11(9)16/h2-6,19H,1H3,(H,18,20)/t22-/m1/s1. The van der Waals surface area contributed by atoms with Crippen molar-refractivity contribution in [2.24, 2.45) is 0 Å². The van der Waals surface area contributed by atoms with E-state index in [0.29, 0.717) is 11.0 Å². The Labute approximate surface area is 126 Å². The van der Waals surface area contributed by atoms with Gasteiger partial charge in [-0.25, -0.2) is 8.78 Å². The molecule has 0 aliphatic rings. The van der Waals surface area contributed by atoms with Gasteiger partial charge in [-0.15, -0.1) is 0 Å².